The van der Waals surface area contributed by atoms with Crippen molar-refractivity contribution < 1.29 is 24.2 Å². The number of benzene rings is 1. The molecule has 0 aliphatic carbocycles. The minimum absolute atomic E-state index is 0.0260. The summed E-state index contributed by atoms with van der Waals surface area (Å²) in [5.74, 6) is -1.39. The number of carboxylic acids is 1. The van der Waals surface area contributed by atoms with Crippen molar-refractivity contribution in [3.05, 3.63) is 35.6 Å². The van der Waals surface area contributed by atoms with Crippen LogP contribution in [0.5, 0.6) is 0 Å². The molecule has 0 aliphatic heterocycles. The highest BCUT2D eigenvalue weighted by molar-refractivity contribution is 5.74. The Bertz CT molecular complexity index is 496. The van der Waals surface area contributed by atoms with Gasteiger partial charge < -0.3 is 20.8 Å². The van der Waals surface area contributed by atoms with E-state index in [0.717, 1.165) is 0 Å². The first-order chi connectivity index (χ1) is 9.90. The maximum absolute atomic E-state index is 13.1. The van der Waals surface area contributed by atoms with Gasteiger partial charge >= 0.3 is 12.0 Å². The average Bonchev–Trinajstić information content (AvgIpc) is 2.42. The first-order valence-corrected chi connectivity index (χ1v) is 6.60. The highest BCUT2D eigenvalue weighted by Gasteiger charge is 2.18. The van der Waals surface area contributed by atoms with E-state index in [4.69, 9.17) is 5.11 Å². The minimum Gasteiger partial charge on any atom is -0.481 e. The minimum atomic E-state index is -1.04. The van der Waals surface area contributed by atoms with E-state index >= 15 is 0 Å². The summed E-state index contributed by atoms with van der Waals surface area (Å²) in [6, 6.07) is 4.38. The second-order valence-corrected chi connectivity index (χ2v) is 4.69. The molecular weight excluding hydrogens is 279 g/mol. The van der Waals surface area contributed by atoms with Crippen LogP contribution in [0.4, 0.5) is 9.18 Å². The Hall–Kier alpha value is -2.15. The third kappa shape index (κ3) is 6.22. The van der Waals surface area contributed by atoms with Crippen molar-refractivity contribution in [1.29, 1.82) is 0 Å². The molecule has 0 aromatic heterocycles. The number of carbonyl (C=O) groups excluding carboxylic acids is 1. The summed E-state index contributed by atoms with van der Waals surface area (Å²) in [4.78, 5) is 21.8. The molecule has 0 heterocycles. The van der Waals surface area contributed by atoms with Crippen LogP contribution in [0, 0.1) is 5.82 Å². The maximum atomic E-state index is 13.1. The smallest absolute Gasteiger partial charge is 0.315 e. The van der Waals surface area contributed by atoms with Crippen molar-refractivity contribution in [2.75, 3.05) is 6.54 Å². The van der Waals surface area contributed by atoms with E-state index in [1.807, 2.05) is 0 Å². The van der Waals surface area contributed by atoms with Crippen LogP contribution in [-0.2, 0) is 4.79 Å². The summed E-state index contributed by atoms with van der Waals surface area (Å²) >= 11 is 0. The topological polar surface area (TPSA) is 98.7 Å². The molecule has 1 aromatic rings. The number of carboxylic acid groups (broad SMARTS) is 1. The number of aliphatic carboxylic acids is 1. The Kier molecular flexibility index (Phi) is 6.61. The van der Waals surface area contributed by atoms with Crippen molar-refractivity contribution in [2.45, 2.75) is 31.9 Å². The molecule has 0 fully saturated rings. The van der Waals surface area contributed by atoms with Crippen LogP contribution in [0.3, 0.4) is 0 Å². The fourth-order valence-electron chi connectivity index (χ4n) is 1.76. The SMILES string of the molecule is CC(NC(=O)NCCCC(=O)O)C(O)c1cccc(F)c1. The van der Waals surface area contributed by atoms with Crippen LogP contribution in [0.15, 0.2) is 24.3 Å². The van der Waals surface area contributed by atoms with E-state index in [-0.39, 0.29) is 13.0 Å². The van der Waals surface area contributed by atoms with Crippen molar-refractivity contribution in [1.82, 2.24) is 10.6 Å². The Morgan fingerprint density at radius 3 is 2.71 bits per heavy atom. The number of hydrogen-bond donors (Lipinski definition) is 4. The zero-order valence-corrected chi connectivity index (χ0v) is 11.7. The number of aliphatic hydroxyl groups excluding tert-OH is 1. The molecule has 2 unspecified atom stereocenters. The Morgan fingerprint density at radius 1 is 1.38 bits per heavy atom. The van der Waals surface area contributed by atoms with Gasteiger partial charge in [-0.25, -0.2) is 9.18 Å². The summed E-state index contributed by atoms with van der Waals surface area (Å²) in [5.41, 5.74) is 0.369. The first kappa shape index (κ1) is 16.9. The fourth-order valence-corrected chi connectivity index (χ4v) is 1.76. The zero-order valence-electron chi connectivity index (χ0n) is 11.7. The van der Waals surface area contributed by atoms with Crippen LogP contribution in [-0.4, -0.2) is 34.8 Å². The lowest BCUT2D eigenvalue weighted by Crippen LogP contribution is -2.43. The van der Waals surface area contributed by atoms with Gasteiger partial charge in [0.05, 0.1) is 12.1 Å². The molecule has 0 aliphatic rings. The molecule has 1 rings (SSSR count). The van der Waals surface area contributed by atoms with E-state index < -0.39 is 30.0 Å². The van der Waals surface area contributed by atoms with Crippen molar-refractivity contribution in [3.8, 4) is 0 Å². The molecule has 0 spiro atoms. The van der Waals surface area contributed by atoms with Gasteiger partial charge in [-0.05, 0) is 31.0 Å². The van der Waals surface area contributed by atoms with Gasteiger partial charge in [0.1, 0.15) is 5.82 Å². The maximum Gasteiger partial charge on any atom is 0.315 e. The van der Waals surface area contributed by atoms with Crippen molar-refractivity contribution >= 4 is 12.0 Å². The number of urea groups is 1. The summed E-state index contributed by atoms with van der Waals surface area (Å²) in [6.45, 7) is 1.81. The van der Waals surface area contributed by atoms with Crippen LogP contribution >= 0.6 is 0 Å². The molecule has 116 valence electrons. The van der Waals surface area contributed by atoms with E-state index in [1.54, 1.807) is 13.0 Å². The van der Waals surface area contributed by atoms with E-state index in [9.17, 15) is 19.1 Å². The van der Waals surface area contributed by atoms with Crippen molar-refractivity contribution in [2.24, 2.45) is 0 Å². The standard InChI is InChI=1S/C14H19FN2O4/c1-9(13(20)10-4-2-5-11(15)8-10)17-14(21)16-7-3-6-12(18)19/h2,4-5,8-9,13,20H,3,6-7H2,1H3,(H,18,19)(H2,16,17,21). The van der Waals surface area contributed by atoms with Gasteiger partial charge in [0.2, 0.25) is 0 Å². The molecule has 0 bridgehead atoms. The Labute approximate surface area is 122 Å². The van der Waals surface area contributed by atoms with E-state index in [2.05, 4.69) is 10.6 Å². The average molecular weight is 298 g/mol. The Morgan fingerprint density at radius 2 is 2.10 bits per heavy atom. The number of halogens is 1. The normalized spacial score (nSPS) is 13.3. The molecule has 21 heavy (non-hydrogen) atoms. The van der Waals surface area contributed by atoms with Crippen LogP contribution < -0.4 is 10.6 Å². The summed E-state index contributed by atoms with van der Waals surface area (Å²) in [6.07, 6.45) is -0.740. The largest absolute Gasteiger partial charge is 0.481 e. The quantitative estimate of drug-likeness (QED) is 0.572. The zero-order chi connectivity index (χ0) is 15.8. The second-order valence-electron chi connectivity index (χ2n) is 4.69. The molecule has 1 aromatic carbocycles. The molecule has 0 saturated heterocycles. The molecule has 6 nitrogen and oxygen atoms in total. The number of nitrogens with one attached hydrogen (secondary N) is 2. The molecular formula is C14H19FN2O4. The van der Waals surface area contributed by atoms with Gasteiger partial charge in [-0.2, -0.15) is 0 Å². The molecule has 4 N–H and O–H groups in total. The van der Waals surface area contributed by atoms with Crippen LogP contribution in [0.2, 0.25) is 0 Å². The lowest BCUT2D eigenvalue weighted by molar-refractivity contribution is -0.137. The van der Waals surface area contributed by atoms with Gasteiger partial charge in [-0.1, -0.05) is 12.1 Å². The fraction of sp³-hybridized carbons (Fsp3) is 0.429. The summed E-state index contributed by atoms with van der Waals surface area (Å²) < 4.78 is 13.1. The van der Waals surface area contributed by atoms with Crippen LogP contribution in [0.1, 0.15) is 31.4 Å². The first-order valence-electron chi connectivity index (χ1n) is 6.60. The third-order valence-electron chi connectivity index (χ3n) is 2.88. The number of aliphatic hydroxyl groups is 1. The van der Waals surface area contributed by atoms with Gasteiger partial charge in [0.25, 0.3) is 0 Å². The number of carbonyl (C=O) groups is 2. The van der Waals surface area contributed by atoms with Gasteiger partial charge in [-0.3, -0.25) is 4.79 Å². The highest BCUT2D eigenvalue weighted by Crippen LogP contribution is 2.17. The molecule has 0 saturated carbocycles. The Balaban J connectivity index is 2.39. The molecule has 7 heteroatoms. The van der Waals surface area contributed by atoms with E-state index in [0.29, 0.717) is 12.0 Å². The van der Waals surface area contributed by atoms with Crippen molar-refractivity contribution in [3.63, 3.8) is 0 Å². The van der Waals surface area contributed by atoms with Gasteiger partial charge in [0, 0.05) is 13.0 Å². The number of amides is 2. The monoisotopic (exact) mass is 298 g/mol. The second kappa shape index (κ2) is 8.21. The van der Waals surface area contributed by atoms with E-state index in [1.165, 1.54) is 18.2 Å². The number of hydrogen-bond acceptors (Lipinski definition) is 3. The molecule has 2 amide bonds. The number of rotatable bonds is 7. The molecule has 0 radical (unpaired) electrons. The lowest BCUT2D eigenvalue weighted by atomic mass is 10.0. The predicted molar refractivity (Wildman–Crippen MR) is 74.2 cm³/mol. The van der Waals surface area contributed by atoms with Gasteiger partial charge in [-0.15, -0.1) is 0 Å². The summed E-state index contributed by atoms with van der Waals surface area (Å²) in [7, 11) is 0. The lowest BCUT2D eigenvalue weighted by Gasteiger charge is -2.21. The molecule has 2 atom stereocenters. The predicted octanol–water partition coefficient (Wildman–Crippen LogP) is 1.41. The highest BCUT2D eigenvalue weighted by atomic mass is 19.1. The summed E-state index contributed by atoms with van der Waals surface area (Å²) in [5, 5.41) is 23.5. The van der Waals surface area contributed by atoms with Crippen LogP contribution in [0.25, 0.3) is 0 Å². The third-order valence-corrected chi connectivity index (χ3v) is 2.88. The van der Waals surface area contributed by atoms with Gasteiger partial charge in [0.15, 0.2) is 0 Å².